The van der Waals surface area contributed by atoms with E-state index < -0.39 is 5.97 Å². The van der Waals surface area contributed by atoms with Crippen LogP contribution in [0.3, 0.4) is 0 Å². The van der Waals surface area contributed by atoms with Gasteiger partial charge in [-0.15, -0.1) is 0 Å². The van der Waals surface area contributed by atoms with E-state index >= 15 is 0 Å². The van der Waals surface area contributed by atoms with E-state index in [0.29, 0.717) is 5.52 Å². The van der Waals surface area contributed by atoms with Crippen LogP contribution in [0.25, 0.3) is 10.9 Å². The Balaban J connectivity index is 0.00000112. The predicted molar refractivity (Wildman–Crippen MR) is 51.1 cm³/mol. The van der Waals surface area contributed by atoms with Gasteiger partial charge < -0.3 is 9.90 Å². The maximum atomic E-state index is 10.7. The summed E-state index contributed by atoms with van der Waals surface area (Å²) in [6.45, 7) is 0. The van der Waals surface area contributed by atoms with Gasteiger partial charge in [-0.25, -0.2) is 4.98 Å². The summed E-state index contributed by atoms with van der Waals surface area (Å²) in [7, 11) is 0. The SMILES string of the molecule is O=C([O-])c1cccc2ccc(Cl)nc12.[Na+]. The number of hydrogen-bond donors (Lipinski definition) is 0. The third-order valence-electron chi connectivity index (χ3n) is 1.91. The minimum absolute atomic E-state index is 0. The molecule has 2 aromatic rings. The molecule has 0 atom stereocenters. The minimum Gasteiger partial charge on any atom is -0.545 e. The molecule has 0 saturated heterocycles. The van der Waals surface area contributed by atoms with Gasteiger partial charge in [0.05, 0.1) is 11.5 Å². The number of carboxylic acids is 1. The molecule has 0 aliphatic carbocycles. The number of hydrogen-bond acceptors (Lipinski definition) is 3. The molecule has 1 aromatic carbocycles. The van der Waals surface area contributed by atoms with Gasteiger partial charge in [0.15, 0.2) is 0 Å². The molecule has 15 heavy (non-hydrogen) atoms. The average Bonchev–Trinajstić information content (AvgIpc) is 2.16. The Labute approximate surface area is 113 Å². The molecule has 0 amide bonds. The zero-order valence-corrected chi connectivity index (χ0v) is 10.8. The average molecular weight is 230 g/mol. The molecule has 0 aliphatic heterocycles. The van der Waals surface area contributed by atoms with Crippen molar-refractivity contribution in [3.63, 3.8) is 0 Å². The number of carbonyl (C=O) groups is 1. The first-order chi connectivity index (χ1) is 6.68. The molecule has 1 heterocycles. The second-order valence-electron chi connectivity index (χ2n) is 2.80. The fourth-order valence-corrected chi connectivity index (χ4v) is 1.44. The van der Waals surface area contributed by atoms with Gasteiger partial charge in [-0.05, 0) is 12.1 Å². The molecule has 5 heteroatoms. The number of aromatic nitrogens is 1. The van der Waals surface area contributed by atoms with E-state index in [4.69, 9.17) is 11.6 Å². The summed E-state index contributed by atoms with van der Waals surface area (Å²) in [4.78, 5) is 14.7. The summed E-state index contributed by atoms with van der Waals surface area (Å²) in [5, 5.41) is 11.7. The number of benzene rings is 1. The molecular weight excluding hydrogens is 225 g/mol. The normalized spacial score (nSPS) is 9.67. The summed E-state index contributed by atoms with van der Waals surface area (Å²) in [5.74, 6) is -1.25. The van der Waals surface area contributed by atoms with Crippen molar-refractivity contribution in [2.75, 3.05) is 0 Å². The van der Waals surface area contributed by atoms with Crippen LogP contribution in [0.2, 0.25) is 5.15 Å². The summed E-state index contributed by atoms with van der Waals surface area (Å²) in [6, 6.07) is 8.19. The Morgan fingerprint density at radius 2 is 2.00 bits per heavy atom. The number of aromatic carboxylic acids is 1. The molecular formula is C10H5ClNNaO2. The fourth-order valence-electron chi connectivity index (χ4n) is 1.29. The molecule has 2 rings (SSSR count). The number of carbonyl (C=O) groups excluding carboxylic acids is 1. The molecule has 0 fully saturated rings. The number of nitrogens with zero attached hydrogens (tertiary/aromatic N) is 1. The number of fused-ring (bicyclic) bond motifs is 1. The Morgan fingerprint density at radius 1 is 1.27 bits per heavy atom. The number of rotatable bonds is 1. The van der Waals surface area contributed by atoms with Crippen LogP contribution < -0.4 is 34.7 Å². The third-order valence-corrected chi connectivity index (χ3v) is 2.12. The largest absolute Gasteiger partial charge is 1.00 e. The Hall–Kier alpha value is -0.610. The van der Waals surface area contributed by atoms with Crippen molar-refractivity contribution in [1.29, 1.82) is 0 Å². The second-order valence-corrected chi connectivity index (χ2v) is 3.19. The van der Waals surface area contributed by atoms with E-state index in [1.54, 1.807) is 24.3 Å². The van der Waals surface area contributed by atoms with E-state index in [1.807, 2.05) is 0 Å². The third kappa shape index (κ3) is 2.49. The molecule has 1 aromatic heterocycles. The van der Waals surface area contributed by atoms with Crippen LogP contribution in [0.4, 0.5) is 0 Å². The van der Waals surface area contributed by atoms with Crippen LogP contribution in [0.15, 0.2) is 30.3 Å². The number of carboxylic acid groups (broad SMARTS) is 1. The van der Waals surface area contributed by atoms with Crippen molar-refractivity contribution in [2.24, 2.45) is 0 Å². The van der Waals surface area contributed by atoms with Gasteiger partial charge in [-0.2, -0.15) is 0 Å². The Morgan fingerprint density at radius 3 is 2.67 bits per heavy atom. The van der Waals surface area contributed by atoms with Gasteiger partial charge in [-0.3, -0.25) is 0 Å². The summed E-state index contributed by atoms with van der Waals surface area (Å²) < 4.78 is 0. The van der Waals surface area contributed by atoms with Gasteiger partial charge in [0, 0.05) is 10.9 Å². The van der Waals surface area contributed by atoms with Gasteiger partial charge >= 0.3 is 29.6 Å². The molecule has 0 radical (unpaired) electrons. The number of halogens is 1. The first-order valence-corrected chi connectivity index (χ1v) is 4.33. The first-order valence-electron chi connectivity index (χ1n) is 3.95. The minimum atomic E-state index is -1.25. The molecule has 0 N–H and O–H groups in total. The zero-order valence-electron chi connectivity index (χ0n) is 8.03. The van der Waals surface area contributed by atoms with Crippen LogP contribution in [-0.2, 0) is 0 Å². The van der Waals surface area contributed by atoms with Crippen LogP contribution in [0.5, 0.6) is 0 Å². The summed E-state index contributed by atoms with van der Waals surface area (Å²) in [6.07, 6.45) is 0. The maximum absolute atomic E-state index is 10.7. The first kappa shape index (κ1) is 12.5. The van der Waals surface area contributed by atoms with Gasteiger partial charge in [0.2, 0.25) is 0 Å². The quantitative estimate of drug-likeness (QED) is 0.431. The van der Waals surface area contributed by atoms with Crippen molar-refractivity contribution in [3.8, 4) is 0 Å². The van der Waals surface area contributed by atoms with Crippen LogP contribution >= 0.6 is 11.6 Å². The predicted octanol–water partition coefficient (Wildman–Crippen LogP) is -1.74. The van der Waals surface area contributed by atoms with Crippen molar-refractivity contribution >= 4 is 28.5 Å². The van der Waals surface area contributed by atoms with E-state index in [9.17, 15) is 9.90 Å². The topological polar surface area (TPSA) is 53.0 Å². The van der Waals surface area contributed by atoms with E-state index in [1.165, 1.54) is 6.07 Å². The molecule has 0 saturated carbocycles. The molecule has 0 bridgehead atoms. The van der Waals surface area contributed by atoms with Crippen LogP contribution in [-0.4, -0.2) is 11.0 Å². The van der Waals surface area contributed by atoms with E-state index in [-0.39, 0.29) is 40.3 Å². The van der Waals surface area contributed by atoms with Crippen molar-refractivity contribution in [2.45, 2.75) is 0 Å². The molecule has 3 nitrogen and oxygen atoms in total. The molecule has 0 aliphatic rings. The van der Waals surface area contributed by atoms with Crippen LogP contribution in [0, 0.1) is 0 Å². The van der Waals surface area contributed by atoms with Gasteiger partial charge in [0.1, 0.15) is 5.15 Å². The van der Waals surface area contributed by atoms with Gasteiger partial charge in [0.25, 0.3) is 0 Å². The van der Waals surface area contributed by atoms with E-state index in [0.717, 1.165) is 5.39 Å². The van der Waals surface area contributed by atoms with Crippen molar-refractivity contribution in [1.82, 2.24) is 4.98 Å². The number of pyridine rings is 1. The Kier molecular flexibility index (Phi) is 4.11. The zero-order chi connectivity index (χ0) is 10.1. The summed E-state index contributed by atoms with van der Waals surface area (Å²) >= 11 is 5.67. The molecule has 0 unspecified atom stereocenters. The smallest absolute Gasteiger partial charge is 0.545 e. The van der Waals surface area contributed by atoms with E-state index in [2.05, 4.69) is 4.98 Å². The number of para-hydroxylation sites is 1. The Bertz CT molecular complexity index is 516. The molecule has 70 valence electrons. The van der Waals surface area contributed by atoms with Crippen molar-refractivity contribution < 1.29 is 39.5 Å². The maximum Gasteiger partial charge on any atom is 1.00 e. The fraction of sp³-hybridized carbons (Fsp3) is 0. The second kappa shape index (κ2) is 4.94. The van der Waals surface area contributed by atoms with Gasteiger partial charge in [-0.1, -0.05) is 29.8 Å². The van der Waals surface area contributed by atoms with Crippen LogP contribution in [0.1, 0.15) is 10.4 Å². The monoisotopic (exact) mass is 229 g/mol. The standard InChI is InChI=1S/C10H6ClNO2.Na/c11-8-5-4-6-2-1-3-7(10(13)14)9(6)12-8;/h1-5H,(H,13,14);/q;+1/p-1. The van der Waals surface area contributed by atoms with Crippen molar-refractivity contribution in [3.05, 3.63) is 41.0 Å². The molecule has 0 spiro atoms. The summed E-state index contributed by atoms with van der Waals surface area (Å²) in [5.41, 5.74) is 0.421.